The third kappa shape index (κ3) is 5.40. The first kappa shape index (κ1) is 22.5. The topological polar surface area (TPSA) is 52.7 Å². The molecule has 2 amide bonds. The minimum absolute atomic E-state index is 0.0140. The van der Waals surface area contributed by atoms with Crippen molar-refractivity contribution >= 4 is 23.2 Å². The summed E-state index contributed by atoms with van der Waals surface area (Å²) in [5, 5.41) is 2.85. The van der Waals surface area contributed by atoms with E-state index in [9.17, 15) is 14.0 Å². The van der Waals surface area contributed by atoms with Crippen molar-refractivity contribution in [2.24, 2.45) is 0 Å². The Morgan fingerprint density at radius 3 is 2.36 bits per heavy atom. The fourth-order valence-electron chi connectivity index (χ4n) is 3.94. The fourth-order valence-corrected chi connectivity index (χ4v) is 3.94. The monoisotopic (exact) mass is 445 g/mol. The Balaban J connectivity index is 1.61. The summed E-state index contributed by atoms with van der Waals surface area (Å²) in [6.45, 7) is 2.42. The molecule has 4 rings (SSSR count). The molecule has 0 aromatic heterocycles. The van der Waals surface area contributed by atoms with Crippen LogP contribution in [0.25, 0.3) is 0 Å². The van der Waals surface area contributed by atoms with Crippen LogP contribution in [-0.2, 0) is 6.54 Å². The highest BCUT2D eigenvalue weighted by molar-refractivity contribution is 6.04. The summed E-state index contributed by atoms with van der Waals surface area (Å²) in [6, 6.07) is 19.1. The molecule has 0 aliphatic heterocycles. The van der Waals surface area contributed by atoms with Gasteiger partial charge < -0.3 is 15.1 Å². The van der Waals surface area contributed by atoms with Crippen LogP contribution >= 0.6 is 0 Å². The van der Waals surface area contributed by atoms with Crippen LogP contribution in [-0.4, -0.2) is 36.9 Å². The molecule has 0 heterocycles. The molecule has 1 aliphatic rings. The number of amides is 2. The van der Waals surface area contributed by atoms with E-state index in [4.69, 9.17) is 0 Å². The van der Waals surface area contributed by atoms with Gasteiger partial charge in [-0.15, -0.1) is 0 Å². The predicted molar refractivity (Wildman–Crippen MR) is 129 cm³/mol. The van der Waals surface area contributed by atoms with Crippen molar-refractivity contribution < 1.29 is 14.0 Å². The maximum Gasteiger partial charge on any atom is 0.255 e. The van der Waals surface area contributed by atoms with E-state index in [1.165, 1.54) is 18.2 Å². The lowest BCUT2D eigenvalue weighted by molar-refractivity contribution is 0.0730. The first-order valence-electron chi connectivity index (χ1n) is 11.1. The number of nitrogens with one attached hydrogen (secondary N) is 1. The fraction of sp³-hybridized carbons (Fsp3) is 0.259. The van der Waals surface area contributed by atoms with Crippen LogP contribution in [0.5, 0.6) is 0 Å². The van der Waals surface area contributed by atoms with Gasteiger partial charge in [-0.2, -0.15) is 0 Å². The molecule has 0 unspecified atom stereocenters. The third-order valence-corrected chi connectivity index (χ3v) is 5.76. The third-order valence-electron chi connectivity index (χ3n) is 5.76. The molecular weight excluding hydrogens is 417 g/mol. The minimum atomic E-state index is -0.457. The van der Waals surface area contributed by atoms with E-state index in [2.05, 4.69) is 5.32 Å². The van der Waals surface area contributed by atoms with Crippen LogP contribution in [0.15, 0.2) is 66.7 Å². The normalized spacial score (nSPS) is 12.8. The Morgan fingerprint density at radius 2 is 1.70 bits per heavy atom. The summed E-state index contributed by atoms with van der Waals surface area (Å²) in [5.41, 5.74) is 4.49. The molecule has 0 saturated heterocycles. The van der Waals surface area contributed by atoms with Crippen LogP contribution in [0.1, 0.15) is 44.7 Å². The maximum absolute atomic E-state index is 13.5. The van der Waals surface area contributed by atoms with Gasteiger partial charge in [0.15, 0.2) is 0 Å². The molecule has 0 spiro atoms. The van der Waals surface area contributed by atoms with Gasteiger partial charge in [0.05, 0.1) is 0 Å². The molecule has 33 heavy (non-hydrogen) atoms. The molecule has 0 bridgehead atoms. The molecule has 1 saturated carbocycles. The molecule has 1 fully saturated rings. The molecule has 5 nitrogen and oxygen atoms in total. The van der Waals surface area contributed by atoms with E-state index in [0.717, 1.165) is 29.7 Å². The number of nitrogens with zero attached hydrogens (tertiary/aromatic N) is 2. The van der Waals surface area contributed by atoms with Crippen LogP contribution in [0.4, 0.5) is 15.8 Å². The first-order chi connectivity index (χ1) is 15.8. The first-order valence-corrected chi connectivity index (χ1v) is 11.1. The van der Waals surface area contributed by atoms with E-state index in [-0.39, 0.29) is 23.4 Å². The SMILES string of the molecule is Cc1cccc(C(=O)N(Cc2cc(NC(=O)c3cccc(F)c3)ccc2N(C)C)C2CC2)c1. The number of carbonyl (C=O) groups is 2. The summed E-state index contributed by atoms with van der Waals surface area (Å²) in [4.78, 5) is 29.9. The molecule has 1 aliphatic carbocycles. The zero-order chi connectivity index (χ0) is 23.5. The van der Waals surface area contributed by atoms with Crippen molar-refractivity contribution in [1.29, 1.82) is 0 Å². The van der Waals surface area contributed by atoms with Gasteiger partial charge in [-0.05, 0) is 73.9 Å². The van der Waals surface area contributed by atoms with Gasteiger partial charge in [0, 0.05) is 49.2 Å². The lowest BCUT2D eigenvalue weighted by Gasteiger charge is -2.26. The molecule has 0 atom stereocenters. The largest absolute Gasteiger partial charge is 0.377 e. The minimum Gasteiger partial charge on any atom is -0.377 e. The summed E-state index contributed by atoms with van der Waals surface area (Å²) in [7, 11) is 3.90. The Hall–Kier alpha value is -3.67. The highest BCUT2D eigenvalue weighted by Crippen LogP contribution is 2.33. The van der Waals surface area contributed by atoms with E-state index in [1.54, 1.807) is 6.07 Å². The van der Waals surface area contributed by atoms with Gasteiger partial charge in [-0.1, -0.05) is 23.8 Å². The number of anilines is 2. The summed E-state index contributed by atoms with van der Waals surface area (Å²) < 4.78 is 13.5. The van der Waals surface area contributed by atoms with Gasteiger partial charge in [0.2, 0.25) is 0 Å². The smallest absolute Gasteiger partial charge is 0.255 e. The number of rotatable bonds is 7. The van der Waals surface area contributed by atoms with Crippen LogP contribution in [0, 0.1) is 12.7 Å². The summed E-state index contributed by atoms with van der Waals surface area (Å²) in [6.07, 6.45) is 1.98. The van der Waals surface area contributed by atoms with Crippen molar-refractivity contribution in [2.75, 3.05) is 24.3 Å². The average molecular weight is 446 g/mol. The maximum atomic E-state index is 13.5. The zero-order valence-electron chi connectivity index (χ0n) is 19.1. The quantitative estimate of drug-likeness (QED) is 0.540. The predicted octanol–water partition coefficient (Wildman–Crippen LogP) is 5.26. The van der Waals surface area contributed by atoms with E-state index in [1.807, 2.05) is 73.3 Å². The molecule has 1 N–H and O–H groups in total. The number of benzene rings is 3. The van der Waals surface area contributed by atoms with Crippen molar-refractivity contribution in [3.05, 3.63) is 94.8 Å². The average Bonchev–Trinajstić information content (AvgIpc) is 3.62. The van der Waals surface area contributed by atoms with Gasteiger partial charge in [0.25, 0.3) is 11.8 Å². The van der Waals surface area contributed by atoms with Gasteiger partial charge in [-0.25, -0.2) is 4.39 Å². The number of carbonyl (C=O) groups excluding carboxylic acids is 2. The highest BCUT2D eigenvalue weighted by Gasteiger charge is 2.33. The number of hydrogen-bond acceptors (Lipinski definition) is 3. The van der Waals surface area contributed by atoms with Gasteiger partial charge in [-0.3, -0.25) is 9.59 Å². The van der Waals surface area contributed by atoms with Crippen molar-refractivity contribution in [3.8, 4) is 0 Å². The Bertz CT molecular complexity index is 1190. The molecule has 170 valence electrons. The molecule has 0 radical (unpaired) electrons. The summed E-state index contributed by atoms with van der Waals surface area (Å²) in [5.74, 6) is -0.825. The second-order valence-electron chi connectivity index (χ2n) is 8.74. The number of aryl methyl sites for hydroxylation is 1. The molecule has 3 aromatic rings. The Morgan fingerprint density at radius 1 is 0.970 bits per heavy atom. The number of halogens is 1. The van der Waals surface area contributed by atoms with Crippen LogP contribution in [0.3, 0.4) is 0 Å². The van der Waals surface area contributed by atoms with E-state index in [0.29, 0.717) is 17.8 Å². The highest BCUT2D eigenvalue weighted by atomic mass is 19.1. The second kappa shape index (κ2) is 9.45. The Labute approximate surface area is 193 Å². The molecular formula is C27H28FN3O2. The lowest BCUT2D eigenvalue weighted by atomic mass is 10.1. The van der Waals surface area contributed by atoms with Crippen molar-refractivity contribution in [2.45, 2.75) is 32.4 Å². The van der Waals surface area contributed by atoms with Crippen molar-refractivity contribution in [1.82, 2.24) is 4.90 Å². The van der Waals surface area contributed by atoms with Gasteiger partial charge >= 0.3 is 0 Å². The molecule has 6 heteroatoms. The number of hydrogen-bond donors (Lipinski definition) is 1. The Kier molecular flexibility index (Phi) is 6.45. The summed E-state index contributed by atoms with van der Waals surface area (Å²) >= 11 is 0. The molecule has 3 aromatic carbocycles. The van der Waals surface area contributed by atoms with E-state index >= 15 is 0 Å². The second-order valence-corrected chi connectivity index (χ2v) is 8.74. The standard InChI is InChI=1S/C27H28FN3O2/c1-18-6-4-8-20(14-18)27(33)31(24-11-12-24)17-21-16-23(10-13-25(21)30(2)3)29-26(32)19-7-5-9-22(28)15-19/h4-10,13-16,24H,11-12,17H2,1-3H3,(H,29,32). The van der Waals surface area contributed by atoms with Crippen LogP contribution < -0.4 is 10.2 Å². The van der Waals surface area contributed by atoms with Crippen LogP contribution in [0.2, 0.25) is 0 Å². The van der Waals surface area contributed by atoms with E-state index < -0.39 is 5.82 Å². The zero-order valence-corrected chi connectivity index (χ0v) is 19.1. The van der Waals surface area contributed by atoms with Crippen molar-refractivity contribution in [3.63, 3.8) is 0 Å². The lowest BCUT2D eigenvalue weighted by Crippen LogP contribution is -2.33. The van der Waals surface area contributed by atoms with Gasteiger partial charge in [0.1, 0.15) is 5.82 Å².